The highest BCUT2D eigenvalue weighted by molar-refractivity contribution is 7.47. The fourth-order valence-corrected chi connectivity index (χ4v) is 8.92. The molecular formula is C69H118N2O6P+. The highest BCUT2D eigenvalue weighted by Gasteiger charge is 2.27. The van der Waals surface area contributed by atoms with Gasteiger partial charge in [0.15, 0.2) is 0 Å². The zero-order chi connectivity index (χ0) is 57.0. The number of carbonyl (C=O) groups excluding carboxylic acids is 1. The molecule has 0 aromatic heterocycles. The molecule has 0 aliphatic rings. The van der Waals surface area contributed by atoms with Gasteiger partial charge in [0.05, 0.1) is 39.9 Å². The molecule has 0 saturated heterocycles. The summed E-state index contributed by atoms with van der Waals surface area (Å²) in [7, 11) is 1.52. The van der Waals surface area contributed by atoms with Crippen LogP contribution >= 0.6 is 7.82 Å². The van der Waals surface area contributed by atoms with Crippen LogP contribution < -0.4 is 5.32 Å². The average Bonchev–Trinajstić information content (AvgIpc) is 3.41. The number of hydrogen-bond acceptors (Lipinski definition) is 5. The van der Waals surface area contributed by atoms with Crippen LogP contribution in [-0.2, 0) is 18.4 Å². The smallest absolute Gasteiger partial charge is 0.387 e. The summed E-state index contributed by atoms with van der Waals surface area (Å²) in [5, 5.41) is 13.9. The Balaban J connectivity index is 4.28. The molecule has 1 amide bonds. The van der Waals surface area contributed by atoms with E-state index in [1.807, 2.05) is 27.2 Å². The molecule has 9 heteroatoms. The van der Waals surface area contributed by atoms with Gasteiger partial charge in [-0.05, 0) is 116 Å². The first-order chi connectivity index (χ1) is 38.0. The standard InChI is InChI=1S/C69H117N2O6P/c1-6-8-10-12-14-16-18-20-22-24-26-28-29-30-31-32-33-34-35-36-37-38-39-40-41-43-45-47-49-51-53-55-57-59-61-63-69(73)70-67(66-77-78(74,75)76-65-64-71(3,4)5)68(72)62-60-58-56-54-52-50-48-46-44-42-27-25-23-21-19-17-15-13-11-9-7-2/h8,10,14,16,20,22,26,28,30-31,33-34,36-37,39-40,43-46,52,54,60,62,67-68,72H,6-7,9,11-13,15,17-19,21,23-25,27,29,32,35,38,41-42,47-51,53,55-59,61,63-66H2,1-5H3,(H-,70,73,74,75)/p+1/b10-8-,16-14-,22-20-,28-26-,31-30-,34-33-,37-36-,40-39-,45-43-,46-44+,54-52+,62-60+. The summed E-state index contributed by atoms with van der Waals surface area (Å²) in [4.78, 5) is 23.3. The highest BCUT2D eigenvalue weighted by Crippen LogP contribution is 2.43. The van der Waals surface area contributed by atoms with E-state index in [9.17, 15) is 19.4 Å². The molecule has 444 valence electrons. The van der Waals surface area contributed by atoms with Crippen LogP contribution in [0.25, 0.3) is 0 Å². The minimum Gasteiger partial charge on any atom is -0.387 e. The maximum atomic E-state index is 13.0. The number of nitrogens with one attached hydrogen (secondary N) is 1. The predicted octanol–water partition coefficient (Wildman–Crippen LogP) is 19.6. The van der Waals surface area contributed by atoms with Gasteiger partial charge >= 0.3 is 7.82 Å². The van der Waals surface area contributed by atoms with Crippen molar-refractivity contribution in [2.45, 2.75) is 244 Å². The van der Waals surface area contributed by atoms with Crippen molar-refractivity contribution < 1.29 is 32.9 Å². The zero-order valence-electron chi connectivity index (χ0n) is 50.6. The maximum absolute atomic E-state index is 13.0. The van der Waals surface area contributed by atoms with Gasteiger partial charge in [-0.1, -0.05) is 256 Å². The van der Waals surface area contributed by atoms with E-state index in [4.69, 9.17) is 9.05 Å². The Morgan fingerprint density at radius 3 is 1.18 bits per heavy atom. The molecule has 3 N–H and O–H groups in total. The van der Waals surface area contributed by atoms with Crippen LogP contribution in [0.15, 0.2) is 146 Å². The maximum Gasteiger partial charge on any atom is 0.472 e. The first-order valence-electron chi connectivity index (χ1n) is 31.2. The number of likely N-dealkylation sites (N-methyl/N-ethyl adjacent to an activating group) is 1. The second kappa shape index (κ2) is 58.0. The molecule has 0 fully saturated rings. The molecule has 0 aliphatic carbocycles. The molecule has 0 radical (unpaired) electrons. The second-order valence-corrected chi connectivity index (χ2v) is 23.1. The molecule has 0 aliphatic heterocycles. The lowest BCUT2D eigenvalue weighted by Crippen LogP contribution is -2.45. The van der Waals surface area contributed by atoms with Gasteiger partial charge in [-0.15, -0.1) is 0 Å². The lowest BCUT2D eigenvalue weighted by Gasteiger charge is -2.25. The van der Waals surface area contributed by atoms with Crippen molar-refractivity contribution in [3.63, 3.8) is 0 Å². The van der Waals surface area contributed by atoms with Crippen LogP contribution in [0.5, 0.6) is 0 Å². The number of amides is 1. The second-order valence-electron chi connectivity index (χ2n) is 21.7. The molecule has 3 atom stereocenters. The number of unbranched alkanes of at least 4 members (excludes halogenated alkanes) is 20. The highest BCUT2D eigenvalue weighted by atomic mass is 31.2. The van der Waals surface area contributed by atoms with Crippen LogP contribution in [0.1, 0.15) is 232 Å². The summed E-state index contributed by atoms with van der Waals surface area (Å²) >= 11 is 0. The van der Waals surface area contributed by atoms with Gasteiger partial charge in [0.25, 0.3) is 0 Å². The van der Waals surface area contributed by atoms with E-state index in [1.165, 1.54) is 96.3 Å². The molecule has 0 bridgehead atoms. The number of aliphatic hydroxyl groups is 1. The van der Waals surface area contributed by atoms with E-state index in [-0.39, 0.29) is 19.1 Å². The minimum atomic E-state index is -4.38. The molecule has 0 heterocycles. The number of hydrogen-bond donors (Lipinski definition) is 3. The zero-order valence-corrected chi connectivity index (χ0v) is 51.5. The Hall–Kier alpha value is -3.62. The lowest BCUT2D eigenvalue weighted by atomic mass is 10.1. The fourth-order valence-electron chi connectivity index (χ4n) is 8.18. The summed E-state index contributed by atoms with van der Waals surface area (Å²) in [5.74, 6) is -0.208. The van der Waals surface area contributed by atoms with E-state index in [1.54, 1.807) is 6.08 Å². The van der Waals surface area contributed by atoms with Crippen molar-refractivity contribution in [3.05, 3.63) is 146 Å². The number of phosphoric ester groups is 1. The van der Waals surface area contributed by atoms with Crippen LogP contribution in [0.4, 0.5) is 0 Å². The number of aliphatic hydroxyl groups excluding tert-OH is 1. The summed E-state index contributed by atoms with van der Waals surface area (Å²) in [5.41, 5.74) is 0. The van der Waals surface area contributed by atoms with Gasteiger partial charge < -0.3 is 19.8 Å². The van der Waals surface area contributed by atoms with Gasteiger partial charge in [0.1, 0.15) is 13.2 Å². The Morgan fingerprint density at radius 2 is 0.782 bits per heavy atom. The van der Waals surface area contributed by atoms with Crippen LogP contribution in [0.3, 0.4) is 0 Å². The van der Waals surface area contributed by atoms with Gasteiger partial charge in [0, 0.05) is 6.42 Å². The summed E-state index contributed by atoms with van der Waals surface area (Å²) < 4.78 is 23.7. The van der Waals surface area contributed by atoms with E-state index < -0.39 is 20.0 Å². The Bertz CT molecular complexity index is 1780. The molecule has 0 aromatic carbocycles. The number of carbonyl (C=O) groups is 1. The van der Waals surface area contributed by atoms with Gasteiger partial charge in [-0.25, -0.2) is 4.57 Å². The monoisotopic (exact) mass is 1100 g/mol. The van der Waals surface area contributed by atoms with Gasteiger partial charge in [0.2, 0.25) is 5.91 Å². The van der Waals surface area contributed by atoms with Crippen molar-refractivity contribution in [1.82, 2.24) is 5.32 Å². The number of rotatable bonds is 55. The van der Waals surface area contributed by atoms with Crippen molar-refractivity contribution >= 4 is 13.7 Å². The van der Waals surface area contributed by atoms with Crippen LogP contribution in [0, 0.1) is 0 Å². The lowest BCUT2D eigenvalue weighted by molar-refractivity contribution is -0.870. The molecular weight excluding hydrogens is 984 g/mol. The molecule has 3 unspecified atom stereocenters. The third kappa shape index (κ3) is 60.0. The fraction of sp³-hybridized carbons (Fsp3) is 0.638. The topological polar surface area (TPSA) is 105 Å². The molecule has 0 saturated carbocycles. The summed E-state index contributed by atoms with van der Waals surface area (Å²) in [6.07, 6.45) is 89.6. The Labute approximate surface area is 480 Å². The Kier molecular flexibility index (Phi) is 55.4. The van der Waals surface area contributed by atoms with Crippen molar-refractivity contribution in [2.24, 2.45) is 0 Å². The molecule has 78 heavy (non-hydrogen) atoms. The van der Waals surface area contributed by atoms with Crippen molar-refractivity contribution in [3.8, 4) is 0 Å². The largest absolute Gasteiger partial charge is 0.472 e. The SMILES string of the molecule is CC/C=C\C/C=C\C/C=C\C/C=C\C/C=C\C/C=C\C/C=C\C/C=C\C/C=C\CCCCCCCCCC(=O)NC(COP(=O)(O)OCC[N+](C)(C)C)C(O)/C=C/CC/C=C/CC/C=C/CCCCCCCCCCCCC. The number of nitrogens with zero attached hydrogens (tertiary/aromatic N) is 1. The number of quaternary nitrogens is 1. The third-order valence-electron chi connectivity index (χ3n) is 13.0. The molecule has 0 aromatic rings. The van der Waals surface area contributed by atoms with E-state index >= 15 is 0 Å². The number of allylic oxidation sites excluding steroid dienone is 23. The van der Waals surface area contributed by atoms with Crippen molar-refractivity contribution in [1.29, 1.82) is 0 Å². The van der Waals surface area contributed by atoms with Crippen molar-refractivity contribution in [2.75, 3.05) is 40.9 Å². The van der Waals surface area contributed by atoms with E-state index in [0.29, 0.717) is 17.4 Å². The van der Waals surface area contributed by atoms with Gasteiger partial charge in [-0.3, -0.25) is 13.8 Å². The van der Waals surface area contributed by atoms with E-state index in [0.717, 1.165) is 116 Å². The average molecular weight is 1100 g/mol. The molecule has 0 spiro atoms. The minimum absolute atomic E-state index is 0.0433. The molecule has 0 rings (SSSR count). The predicted molar refractivity (Wildman–Crippen MR) is 341 cm³/mol. The van der Waals surface area contributed by atoms with Gasteiger partial charge in [-0.2, -0.15) is 0 Å². The first kappa shape index (κ1) is 74.4. The normalized spacial score (nSPS) is 14.8. The quantitative estimate of drug-likeness (QED) is 0.0243. The number of phosphoric acid groups is 1. The first-order valence-corrected chi connectivity index (χ1v) is 32.7. The summed E-state index contributed by atoms with van der Waals surface area (Å²) in [6, 6.07) is -0.888. The van der Waals surface area contributed by atoms with E-state index in [2.05, 4.69) is 153 Å². The van der Waals surface area contributed by atoms with Crippen LogP contribution in [-0.4, -0.2) is 73.4 Å². The molecule has 8 nitrogen and oxygen atoms in total. The van der Waals surface area contributed by atoms with Crippen LogP contribution in [0.2, 0.25) is 0 Å². The summed E-state index contributed by atoms with van der Waals surface area (Å²) in [6.45, 7) is 4.65. The third-order valence-corrected chi connectivity index (χ3v) is 14.0. The Morgan fingerprint density at radius 1 is 0.449 bits per heavy atom.